The molecule has 100 valence electrons. The van der Waals surface area contributed by atoms with Gasteiger partial charge in [0.05, 0.1) is 6.61 Å². The highest BCUT2D eigenvalue weighted by molar-refractivity contribution is 9.10. The number of hydrogen-bond acceptors (Lipinski definition) is 2. The molecule has 4 heteroatoms. The van der Waals surface area contributed by atoms with Crippen LogP contribution in [0.15, 0.2) is 22.7 Å². The average Bonchev–Trinajstić information content (AvgIpc) is 2.38. The Kier molecular flexibility index (Phi) is 5.15. The summed E-state index contributed by atoms with van der Waals surface area (Å²) in [5, 5.41) is 3.50. The fourth-order valence-corrected chi connectivity index (χ4v) is 3.13. The number of ether oxygens (including phenoxy) is 1. The van der Waals surface area contributed by atoms with Crippen molar-refractivity contribution in [3.8, 4) is 0 Å². The van der Waals surface area contributed by atoms with Crippen molar-refractivity contribution in [3.05, 3.63) is 34.1 Å². The molecule has 0 radical (unpaired) electrons. The largest absolute Gasteiger partial charge is 0.381 e. The molecule has 1 heterocycles. The van der Waals surface area contributed by atoms with Gasteiger partial charge in [-0.3, -0.25) is 0 Å². The van der Waals surface area contributed by atoms with Gasteiger partial charge in [-0.05, 0) is 37.1 Å². The average molecular weight is 316 g/mol. The second-order valence-corrected chi connectivity index (χ2v) is 5.53. The summed E-state index contributed by atoms with van der Waals surface area (Å²) in [5.74, 6) is 0.251. The summed E-state index contributed by atoms with van der Waals surface area (Å²) in [7, 11) is 0. The van der Waals surface area contributed by atoms with E-state index in [0.717, 1.165) is 42.6 Å². The SMILES string of the molecule is CCNC(c1ccc(F)cc1Br)C1CCCOC1. The number of hydrogen-bond donors (Lipinski definition) is 1. The first-order valence-electron chi connectivity index (χ1n) is 6.48. The van der Waals surface area contributed by atoms with E-state index in [2.05, 4.69) is 28.2 Å². The monoisotopic (exact) mass is 315 g/mol. The van der Waals surface area contributed by atoms with Crippen molar-refractivity contribution in [2.45, 2.75) is 25.8 Å². The molecule has 0 amide bonds. The number of benzene rings is 1. The lowest BCUT2D eigenvalue weighted by molar-refractivity contribution is 0.0391. The number of halogens is 2. The highest BCUT2D eigenvalue weighted by Gasteiger charge is 2.26. The molecule has 18 heavy (non-hydrogen) atoms. The summed E-state index contributed by atoms with van der Waals surface area (Å²) >= 11 is 3.46. The molecule has 0 spiro atoms. The Morgan fingerprint density at radius 2 is 2.39 bits per heavy atom. The normalized spacial score (nSPS) is 21.8. The molecule has 0 aromatic heterocycles. The van der Waals surface area contributed by atoms with Crippen LogP contribution in [0.4, 0.5) is 4.39 Å². The maximum Gasteiger partial charge on any atom is 0.124 e. The highest BCUT2D eigenvalue weighted by atomic mass is 79.9. The zero-order valence-electron chi connectivity index (χ0n) is 10.6. The predicted octanol–water partition coefficient (Wildman–Crippen LogP) is 3.67. The van der Waals surface area contributed by atoms with Crippen LogP contribution in [0.1, 0.15) is 31.4 Å². The lowest BCUT2D eigenvalue weighted by atomic mass is 9.88. The Bertz CT molecular complexity index is 393. The van der Waals surface area contributed by atoms with E-state index in [9.17, 15) is 4.39 Å². The first-order chi connectivity index (χ1) is 8.72. The van der Waals surface area contributed by atoms with Crippen LogP contribution in [0.25, 0.3) is 0 Å². The van der Waals surface area contributed by atoms with Gasteiger partial charge < -0.3 is 10.1 Å². The van der Waals surface area contributed by atoms with E-state index in [-0.39, 0.29) is 11.9 Å². The Balaban J connectivity index is 2.22. The summed E-state index contributed by atoms with van der Waals surface area (Å²) < 4.78 is 19.6. The molecule has 1 fully saturated rings. The molecule has 1 aromatic carbocycles. The van der Waals surface area contributed by atoms with Crippen LogP contribution >= 0.6 is 15.9 Å². The first-order valence-corrected chi connectivity index (χ1v) is 7.27. The molecule has 0 aliphatic carbocycles. The quantitative estimate of drug-likeness (QED) is 0.915. The highest BCUT2D eigenvalue weighted by Crippen LogP contribution is 2.33. The Labute approximate surface area is 116 Å². The summed E-state index contributed by atoms with van der Waals surface area (Å²) in [6.45, 7) is 4.63. The Morgan fingerprint density at radius 3 is 3.00 bits per heavy atom. The van der Waals surface area contributed by atoms with Gasteiger partial charge in [-0.15, -0.1) is 0 Å². The molecule has 2 nitrogen and oxygen atoms in total. The topological polar surface area (TPSA) is 21.3 Å². The van der Waals surface area contributed by atoms with Gasteiger partial charge in [0, 0.05) is 23.0 Å². The third-order valence-electron chi connectivity index (χ3n) is 3.39. The van der Waals surface area contributed by atoms with E-state index in [1.165, 1.54) is 12.1 Å². The minimum absolute atomic E-state index is 0.208. The maximum atomic E-state index is 13.2. The van der Waals surface area contributed by atoms with Crippen molar-refractivity contribution in [1.29, 1.82) is 0 Å². The Morgan fingerprint density at radius 1 is 1.56 bits per heavy atom. The molecule has 1 aliphatic heterocycles. The van der Waals surface area contributed by atoms with Gasteiger partial charge in [0.2, 0.25) is 0 Å². The van der Waals surface area contributed by atoms with Gasteiger partial charge in [0.1, 0.15) is 5.82 Å². The number of rotatable bonds is 4. The van der Waals surface area contributed by atoms with Crippen LogP contribution < -0.4 is 5.32 Å². The van der Waals surface area contributed by atoms with Gasteiger partial charge in [-0.2, -0.15) is 0 Å². The summed E-state index contributed by atoms with van der Waals surface area (Å²) in [6, 6.07) is 5.14. The zero-order valence-corrected chi connectivity index (χ0v) is 12.2. The number of nitrogens with one attached hydrogen (secondary N) is 1. The van der Waals surface area contributed by atoms with E-state index in [1.54, 1.807) is 0 Å². The smallest absolute Gasteiger partial charge is 0.124 e. The van der Waals surface area contributed by atoms with Crippen LogP contribution in [-0.2, 0) is 4.74 Å². The first kappa shape index (κ1) is 14.0. The van der Waals surface area contributed by atoms with Crippen LogP contribution in [0.2, 0.25) is 0 Å². The van der Waals surface area contributed by atoms with E-state index < -0.39 is 0 Å². The maximum absolute atomic E-state index is 13.2. The van der Waals surface area contributed by atoms with Gasteiger partial charge in [-0.25, -0.2) is 4.39 Å². The molecule has 0 saturated carbocycles. The fraction of sp³-hybridized carbons (Fsp3) is 0.571. The second-order valence-electron chi connectivity index (χ2n) is 4.68. The van der Waals surface area contributed by atoms with Gasteiger partial charge in [0.25, 0.3) is 0 Å². The van der Waals surface area contributed by atoms with Crippen LogP contribution in [0, 0.1) is 11.7 Å². The minimum Gasteiger partial charge on any atom is -0.381 e. The molecule has 2 atom stereocenters. The van der Waals surface area contributed by atoms with Crippen molar-refractivity contribution in [2.75, 3.05) is 19.8 Å². The molecule has 1 aromatic rings. The minimum atomic E-state index is -0.208. The second kappa shape index (κ2) is 6.64. The van der Waals surface area contributed by atoms with Crippen molar-refractivity contribution >= 4 is 15.9 Å². The van der Waals surface area contributed by atoms with E-state index >= 15 is 0 Å². The molecule has 0 bridgehead atoms. The molecule has 1 saturated heterocycles. The van der Waals surface area contributed by atoms with Gasteiger partial charge in [-0.1, -0.05) is 28.9 Å². The van der Waals surface area contributed by atoms with E-state index in [1.807, 2.05) is 6.07 Å². The molecule has 1 N–H and O–H groups in total. The van der Waals surface area contributed by atoms with Crippen LogP contribution in [-0.4, -0.2) is 19.8 Å². The molecular formula is C14H19BrFNO. The lowest BCUT2D eigenvalue weighted by Gasteiger charge is -2.31. The lowest BCUT2D eigenvalue weighted by Crippen LogP contribution is -2.33. The summed E-state index contributed by atoms with van der Waals surface area (Å²) in [5.41, 5.74) is 1.12. The van der Waals surface area contributed by atoms with Crippen LogP contribution in [0.5, 0.6) is 0 Å². The molecular weight excluding hydrogens is 297 g/mol. The molecule has 1 aliphatic rings. The third-order valence-corrected chi connectivity index (χ3v) is 4.08. The standard InChI is InChI=1S/C14H19BrFNO/c1-2-17-14(10-4-3-7-18-9-10)12-6-5-11(16)8-13(12)15/h5-6,8,10,14,17H,2-4,7,9H2,1H3. The van der Waals surface area contributed by atoms with E-state index in [0.29, 0.717) is 5.92 Å². The van der Waals surface area contributed by atoms with Crippen molar-refractivity contribution in [3.63, 3.8) is 0 Å². The van der Waals surface area contributed by atoms with Crippen molar-refractivity contribution in [1.82, 2.24) is 5.32 Å². The summed E-state index contributed by atoms with van der Waals surface area (Å²) in [6.07, 6.45) is 2.26. The third kappa shape index (κ3) is 3.31. The van der Waals surface area contributed by atoms with E-state index in [4.69, 9.17) is 4.74 Å². The van der Waals surface area contributed by atoms with Crippen molar-refractivity contribution in [2.24, 2.45) is 5.92 Å². The van der Waals surface area contributed by atoms with Crippen molar-refractivity contribution < 1.29 is 9.13 Å². The Hall–Kier alpha value is -0.450. The van der Waals surface area contributed by atoms with Gasteiger partial charge in [0.15, 0.2) is 0 Å². The van der Waals surface area contributed by atoms with Gasteiger partial charge >= 0.3 is 0 Å². The van der Waals surface area contributed by atoms with Crippen LogP contribution in [0.3, 0.4) is 0 Å². The zero-order chi connectivity index (χ0) is 13.0. The summed E-state index contributed by atoms with van der Waals surface area (Å²) in [4.78, 5) is 0. The molecule has 2 rings (SSSR count). The molecule has 2 unspecified atom stereocenters. The predicted molar refractivity (Wildman–Crippen MR) is 74.1 cm³/mol. The fourth-order valence-electron chi connectivity index (χ4n) is 2.53.